The zero-order valence-corrected chi connectivity index (χ0v) is 15.3. The maximum Gasteiger partial charge on any atom is 0.225 e. The summed E-state index contributed by atoms with van der Waals surface area (Å²) in [7, 11) is 1.78. The second-order valence-electron chi connectivity index (χ2n) is 7.58. The van der Waals surface area contributed by atoms with Gasteiger partial charge in [-0.2, -0.15) is 0 Å². The third kappa shape index (κ3) is 5.55. The third-order valence-electron chi connectivity index (χ3n) is 4.24. The standard InChI is InChI=1S/C19H30N4O/c1-19(2,3)10-7-11-21-18(20-4)22-13-14-12-17(24)23-16-9-6-5-8-15(14)16/h5-6,8-9,14H,7,10-13H2,1-4H3,(H,23,24)(H2,20,21,22). The number of fused-ring (bicyclic) bond motifs is 1. The molecule has 1 heterocycles. The smallest absolute Gasteiger partial charge is 0.225 e. The van der Waals surface area contributed by atoms with Crippen LogP contribution in [0.4, 0.5) is 5.69 Å². The molecule has 1 aromatic carbocycles. The molecule has 1 aliphatic heterocycles. The van der Waals surface area contributed by atoms with Gasteiger partial charge < -0.3 is 16.0 Å². The van der Waals surface area contributed by atoms with Gasteiger partial charge in [0.15, 0.2) is 5.96 Å². The number of hydrogen-bond acceptors (Lipinski definition) is 2. The minimum Gasteiger partial charge on any atom is -0.356 e. The van der Waals surface area contributed by atoms with Crippen LogP contribution in [0.15, 0.2) is 29.3 Å². The summed E-state index contributed by atoms with van der Waals surface area (Å²) in [4.78, 5) is 16.1. The lowest BCUT2D eigenvalue weighted by Gasteiger charge is -2.26. The Morgan fingerprint density at radius 3 is 2.75 bits per heavy atom. The van der Waals surface area contributed by atoms with Crippen molar-refractivity contribution in [3.8, 4) is 0 Å². The van der Waals surface area contributed by atoms with E-state index >= 15 is 0 Å². The molecule has 1 atom stereocenters. The maximum absolute atomic E-state index is 11.9. The number of para-hydroxylation sites is 1. The van der Waals surface area contributed by atoms with E-state index in [-0.39, 0.29) is 11.8 Å². The monoisotopic (exact) mass is 330 g/mol. The number of amides is 1. The summed E-state index contributed by atoms with van der Waals surface area (Å²) < 4.78 is 0. The van der Waals surface area contributed by atoms with Crippen molar-refractivity contribution >= 4 is 17.6 Å². The Balaban J connectivity index is 1.84. The van der Waals surface area contributed by atoms with Gasteiger partial charge in [-0.05, 0) is 29.9 Å². The van der Waals surface area contributed by atoms with Gasteiger partial charge in [0.25, 0.3) is 0 Å². The SMILES string of the molecule is CN=C(NCCCC(C)(C)C)NCC1CC(=O)Nc2ccccc21. The van der Waals surface area contributed by atoms with Crippen LogP contribution in [0, 0.1) is 5.41 Å². The molecule has 132 valence electrons. The summed E-state index contributed by atoms with van der Waals surface area (Å²) in [6, 6.07) is 8.01. The Labute approximate surface area is 145 Å². The number of hydrogen-bond donors (Lipinski definition) is 3. The molecule has 0 aliphatic carbocycles. The largest absolute Gasteiger partial charge is 0.356 e. The lowest BCUT2D eigenvalue weighted by Crippen LogP contribution is -2.41. The average molecular weight is 330 g/mol. The molecule has 5 nitrogen and oxygen atoms in total. The van der Waals surface area contributed by atoms with Crippen molar-refractivity contribution in [1.82, 2.24) is 10.6 Å². The summed E-state index contributed by atoms with van der Waals surface area (Å²) in [6.45, 7) is 8.37. The van der Waals surface area contributed by atoms with E-state index in [9.17, 15) is 4.79 Å². The van der Waals surface area contributed by atoms with Crippen molar-refractivity contribution in [2.45, 2.75) is 46.0 Å². The minimum absolute atomic E-state index is 0.0774. The van der Waals surface area contributed by atoms with Crippen LogP contribution in [0.3, 0.4) is 0 Å². The van der Waals surface area contributed by atoms with E-state index in [0.717, 1.165) is 24.6 Å². The topological polar surface area (TPSA) is 65.5 Å². The van der Waals surface area contributed by atoms with E-state index in [1.807, 2.05) is 18.2 Å². The van der Waals surface area contributed by atoms with Crippen LogP contribution < -0.4 is 16.0 Å². The van der Waals surface area contributed by atoms with Gasteiger partial charge in [-0.3, -0.25) is 9.79 Å². The van der Waals surface area contributed by atoms with Crippen molar-refractivity contribution < 1.29 is 4.79 Å². The molecular formula is C19H30N4O. The van der Waals surface area contributed by atoms with E-state index < -0.39 is 0 Å². The fourth-order valence-corrected chi connectivity index (χ4v) is 2.95. The van der Waals surface area contributed by atoms with Crippen molar-refractivity contribution in [3.05, 3.63) is 29.8 Å². The van der Waals surface area contributed by atoms with Crippen molar-refractivity contribution in [2.75, 3.05) is 25.5 Å². The molecule has 0 radical (unpaired) electrons. The summed E-state index contributed by atoms with van der Waals surface area (Å²) in [6.07, 6.45) is 2.79. The normalized spacial score (nSPS) is 17.9. The van der Waals surface area contributed by atoms with Crippen molar-refractivity contribution in [3.63, 3.8) is 0 Å². The lowest BCUT2D eigenvalue weighted by atomic mass is 9.90. The molecule has 0 saturated carbocycles. The summed E-state index contributed by atoms with van der Waals surface area (Å²) in [5.41, 5.74) is 2.47. The van der Waals surface area contributed by atoms with E-state index in [1.165, 1.54) is 12.0 Å². The predicted molar refractivity (Wildman–Crippen MR) is 100 cm³/mol. The Kier molecular flexibility index (Phi) is 6.23. The van der Waals surface area contributed by atoms with E-state index in [0.29, 0.717) is 18.4 Å². The zero-order valence-electron chi connectivity index (χ0n) is 15.3. The van der Waals surface area contributed by atoms with Crippen LogP contribution in [-0.4, -0.2) is 32.0 Å². The van der Waals surface area contributed by atoms with Gasteiger partial charge in [0.1, 0.15) is 0 Å². The van der Waals surface area contributed by atoms with E-state index in [2.05, 4.69) is 47.8 Å². The predicted octanol–water partition coefficient (Wildman–Crippen LogP) is 3.10. The molecule has 2 rings (SSSR count). The molecule has 1 aromatic rings. The number of benzene rings is 1. The first-order valence-electron chi connectivity index (χ1n) is 8.72. The number of carbonyl (C=O) groups excluding carboxylic acids is 1. The van der Waals surface area contributed by atoms with Gasteiger partial charge in [-0.15, -0.1) is 0 Å². The lowest BCUT2D eigenvalue weighted by molar-refractivity contribution is -0.116. The number of rotatable bonds is 5. The molecule has 0 saturated heterocycles. The summed E-state index contributed by atoms with van der Waals surface area (Å²) >= 11 is 0. The zero-order chi connectivity index (χ0) is 17.6. The number of aliphatic imine (C=N–C) groups is 1. The molecule has 0 fully saturated rings. The number of guanidine groups is 1. The molecule has 0 spiro atoms. The first-order valence-corrected chi connectivity index (χ1v) is 8.72. The van der Waals surface area contributed by atoms with Gasteiger partial charge in [-0.25, -0.2) is 0 Å². The highest BCUT2D eigenvalue weighted by Crippen LogP contribution is 2.31. The number of nitrogens with zero attached hydrogens (tertiary/aromatic N) is 1. The van der Waals surface area contributed by atoms with Gasteiger partial charge in [0.05, 0.1) is 0 Å². The molecule has 1 amide bonds. The first kappa shape index (κ1) is 18.3. The van der Waals surface area contributed by atoms with Gasteiger partial charge in [0, 0.05) is 38.2 Å². The van der Waals surface area contributed by atoms with Crippen molar-refractivity contribution in [2.24, 2.45) is 10.4 Å². The molecule has 1 unspecified atom stereocenters. The fraction of sp³-hybridized carbons (Fsp3) is 0.579. The Hall–Kier alpha value is -2.04. The van der Waals surface area contributed by atoms with E-state index in [1.54, 1.807) is 7.05 Å². The van der Waals surface area contributed by atoms with Gasteiger partial charge in [-0.1, -0.05) is 39.0 Å². The molecule has 3 N–H and O–H groups in total. The Bertz CT molecular complexity index is 589. The van der Waals surface area contributed by atoms with Gasteiger partial charge in [0.2, 0.25) is 5.91 Å². The summed E-state index contributed by atoms with van der Waals surface area (Å²) in [5, 5.41) is 9.65. The number of nitrogens with one attached hydrogen (secondary N) is 3. The van der Waals surface area contributed by atoms with Crippen LogP contribution in [0.25, 0.3) is 0 Å². The fourth-order valence-electron chi connectivity index (χ4n) is 2.95. The highest BCUT2D eigenvalue weighted by atomic mass is 16.1. The Morgan fingerprint density at radius 2 is 2.04 bits per heavy atom. The highest BCUT2D eigenvalue weighted by Gasteiger charge is 2.24. The molecule has 5 heteroatoms. The molecule has 24 heavy (non-hydrogen) atoms. The number of carbonyl (C=O) groups is 1. The van der Waals surface area contributed by atoms with Crippen molar-refractivity contribution in [1.29, 1.82) is 0 Å². The Morgan fingerprint density at radius 1 is 1.29 bits per heavy atom. The quantitative estimate of drug-likeness (QED) is 0.441. The first-order chi connectivity index (χ1) is 11.4. The second kappa shape index (κ2) is 8.18. The molecule has 1 aliphatic rings. The van der Waals surface area contributed by atoms with Crippen LogP contribution in [0.2, 0.25) is 0 Å². The van der Waals surface area contributed by atoms with Gasteiger partial charge >= 0.3 is 0 Å². The highest BCUT2D eigenvalue weighted by molar-refractivity contribution is 5.94. The second-order valence-corrected chi connectivity index (χ2v) is 7.58. The third-order valence-corrected chi connectivity index (χ3v) is 4.24. The molecule has 0 bridgehead atoms. The van der Waals surface area contributed by atoms with Crippen LogP contribution in [0.1, 0.15) is 51.5 Å². The van der Waals surface area contributed by atoms with Crippen LogP contribution in [-0.2, 0) is 4.79 Å². The molecular weight excluding hydrogens is 300 g/mol. The van der Waals surface area contributed by atoms with Crippen LogP contribution >= 0.6 is 0 Å². The number of anilines is 1. The van der Waals surface area contributed by atoms with E-state index in [4.69, 9.17) is 0 Å². The molecule has 0 aromatic heterocycles. The minimum atomic E-state index is 0.0774. The summed E-state index contributed by atoms with van der Waals surface area (Å²) in [5.74, 6) is 1.05. The average Bonchev–Trinajstić information content (AvgIpc) is 2.52. The van der Waals surface area contributed by atoms with Crippen LogP contribution in [0.5, 0.6) is 0 Å². The maximum atomic E-state index is 11.9.